The quantitative estimate of drug-likeness (QED) is 0.437. The molecule has 2 rings (SSSR count). The minimum Gasteiger partial charge on any atom is -0.463 e. The predicted octanol–water partition coefficient (Wildman–Crippen LogP) is 4.76. The number of carbonyl (C=O) groups is 2. The third-order valence-corrected chi connectivity index (χ3v) is 10.3. The second kappa shape index (κ2) is 9.72. The summed E-state index contributed by atoms with van der Waals surface area (Å²) in [4.78, 5) is 25.4. The number of cyclic esters (lactones) is 1. The van der Waals surface area contributed by atoms with E-state index in [9.17, 15) is 9.59 Å². The molecule has 1 aromatic rings. The van der Waals surface area contributed by atoms with E-state index in [0.29, 0.717) is 12.8 Å². The van der Waals surface area contributed by atoms with Gasteiger partial charge in [0.1, 0.15) is 12.7 Å². The molecule has 29 heavy (non-hydrogen) atoms. The van der Waals surface area contributed by atoms with E-state index in [2.05, 4.69) is 39.2 Å². The van der Waals surface area contributed by atoms with E-state index in [1.807, 2.05) is 49.4 Å². The Morgan fingerprint density at radius 2 is 1.69 bits per heavy atom. The van der Waals surface area contributed by atoms with Crippen molar-refractivity contribution < 1.29 is 18.8 Å². The number of nitrogens with one attached hydrogen (secondary N) is 1. The number of allylic oxidation sites excluding steroid dienone is 1. The summed E-state index contributed by atoms with van der Waals surface area (Å²) in [6, 6.07) is 9.19. The molecule has 1 aliphatic rings. The zero-order chi connectivity index (χ0) is 21.7. The molecular formula is C23H35NO4Si. The Morgan fingerprint density at radius 1 is 1.07 bits per heavy atom. The Hall–Kier alpha value is -1.92. The van der Waals surface area contributed by atoms with Crippen molar-refractivity contribution in [2.75, 3.05) is 6.61 Å². The highest BCUT2D eigenvalue weighted by Crippen LogP contribution is 2.37. The molecule has 0 bridgehead atoms. The maximum atomic E-state index is 13.2. The van der Waals surface area contributed by atoms with Crippen molar-refractivity contribution in [3.05, 3.63) is 48.0 Å². The van der Waals surface area contributed by atoms with Gasteiger partial charge in [-0.1, -0.05) is 70.2 Å². The van der Waals surface area contributed by atoms with Crippen LogP contribution in [0.15, 0.2) is 42.5 Å². The van der Waals surface area contributed by atoms with Gasteiger partial charge in [0.15, 0.2) is 8.32 Å². The van der Waals surface area contributed by atoms with Gasteiger partial charge in [0.2, 0.25) is 5.91 Å². The number of benzene rings is 1. The zero-order valence-corrected chi connectivity index (χ0v) is 19.5. The van der Waals surface area contributed by atoms with E-state index >= 15 is 0 Å². The molecule has 0 unspecified atom stereocenters. The first-order chi connectivity index (χ1) is 13.5. The lowest BCUT2D eigenvalue weighted by molar-refractivity contribution is -0.149. The monoisotopic (exact) mass is 417 g/mol. The molecular weight excluding hydrogens is 382 g/mol. The molecule has 160 valence electrons. The summed E-state index contributed by atoms with van der Waals surface area (Å²) in [5, 5.41) is 3.06. The van der Waals surface area contributed by atoms with Gasteiger partial charge in [-0.15, -0.1) is 0 Å². The van der Waals surface area contributed by atoms with Crippen LogP contribution in [0.1, 0.15) is 52.1 Å². The Balaban J connectivity index is 2.30. The highest BCUT2D eigenvalue weighted by atomic mass is 28.4. The molecule has 0 saturated heterocycles. The fourth-order valence-corrected chi connectivity index (χ4v) is 4.10. The fraction of sp³-hybridized carbons (Fsp3) is 0.565. The van der Waals surface area contributed by atoms with Crippen LogP contribution in [0.2, 0.25) is 18.1 Å². The van der Waals surface area contributed by atoms with Crippen molar-refractivity contribution in [2.45, 2.75) is 70.8 Å². The van der Waals surface area contributed by atoms with Gasteiger partial charge >= 0.3 is 5.97 Å². The van der Waals surface area contributed by atoms with E-state index in [0.717, 1.165) is 5.56 Å². The molecule has 1 amide bonds. The van der Waals surface area contributed by atoms with E-state index in [4.69, 9.17) is 9.16 Å². The molecule has 0 fully saturated rings. The standard InChI is InChI=1S/C23H35NO4Si/c1-17-12-10-11-15-20(28-29(5,6)23(2,3)4)21(25)24-19(16-27-22(17)26)18-13-8-7-9-14-18/h7-11,13-14,17,19-20H,12,15-16H2,1-6H3,(H,24,25)/t17-,19+,20-/m1/s1. The fourth-order valence-electron chi connectivity index (χ4n) is 2.84. The highest BCUT2D eigenvalue weighted by molar-refractivity contribution is 6.74. The molecule has 1 aromatic carbocycles. The van der Waals surface area contributed by atoms with Crippen molar-refractivity contribution >= 4 is 20.2 Å². The van der Waals surface area contributed by atoms with E-state index in [1.54, 1.807) is 0 Å². The maximum absolute atomic E-state index is 13.2. The third kappa shape index (κ3) is 6.54. The van der Waals surface area contributed by atoms with Gasteiger partial charge in [0.25, 0.3) is 0 Å². The van der Waals surface area contributed by atoms with Crippen LogP contribution < -0.4 is 5.32 Å². The Bertz CT molecular complexity index is 724. The predicted molar refractivity (Wildman–Crippen MR) is 118 cm³/mol. The summed E-state index contributed by atoms with van der Waals surface area (Å²) in [6.07, 6.45) is 4.40. The molecule has 0 radical (unpaired) electrons. The molecule has 1 N–H and O–H groups in total. The smallest absolute Gasteiger partial charge is 0.309 e. The van der Waals surface area contributed by atoms with Gasteiger partial charge in [0, 0.05) is 0 Å². The van der Waals surface area contributed by atoms with Crippen molar-refractivity contribution in [3.8, 4) is 0 Å². The summed E-state index contributed by atoms with van der Waals surface area (Å²) in [6.45, 7) is 12.8. The first kappa shape index (κ1) is 23.4. The second-order valence-electron chi connectivity index (χ2n) is 9.31. The topological polar surface area (TPSA) is 64.6 Å². The number of carbonyl (C=O) groups excluding carboxylic acids is 2. The van der Waals surface area contributed by atoms with Gasteiger partial charge in [0.05, 0.1) is 12.0 Å². The van der Waals surface area contributed by atoms with Crippen LogP contribution in [0, 0.1) is 5.92 Å². The summed E-state index contributed by atoms with van der Waals surface area (Å²) >= 11 is 0. The third-order valence-electron chi connectivity index (χ3n) is 5.86. The number of rotatable bonds is 3. The van der Waals surface area contributed by atoms with Gasteiger partial charge in [-0.2, -0.15) is 0 Å². The molecule has 1 aliphatic heterocycles. The van der Waals surface area contributed by atoms with E-state index in [1.165, 1.54) is 0 Å². The van der Waals surface area contributed by atoms with Crippen molar-refractivity contribution in [3.63, 3.8) is 0 Å². The van der Waals surface area contributed by atoms with Crippen molar-refractivity contribution in [2.24, 2.45) is 5.92 Å². The molecule has 0 saturated carbocycles. The van der Waals surface area contributed by atoms with Gasteiger partial charge < -0.3 is 14.5 Å². The number of hydrogen-bond donors (Lipinski definition) is 1. The molecule has 6 heteroatoms. The lowest BCUT2D eigenvalue weighted by Crippen LogP contribution is -2.49. The molecule has 0 spiro atoms. The molecule has 1 heterocycles. The number of hydrogen-bond acceptors (Lipinski definition) is 4. The average molecular weight is 418 g/mol. The summed E-state index contributed by atoms with van der Waals surface area (Å²) in [7, 11) is -2.13. The zero-order valence-electron chi connectivity index (χ0n) is 18.5. The Morgan fingerprint density at radius 3 is 2.31 bits per heavy atom. The van der Waals surface area contributed by atoms with Crippen LogP contribution in [-0.4, -0.2) is 32.9 Å². The molecule has 0 aliphatic carbocycles. The number of amides is 1. The van der Waals surface area contributed by atoms with Crippen LogP contribution >= 0.6 is 0 Å². The van der Waals surface area contributed by atoms with Gasteiger partial charge in [-0.05, 0) is 36.5 Å². The van der Waals surface area contributed by atoms with Gasteiger partial charge in [-0.3, -0.25) is 9.59 Å². The van der Waals surface area contributed by atoms with Crippen molar-refractivity contribution in [1.82, 2.24) is 5.32 Å². The Kier molecular flexibility index (Phi) is 7.83. The van der Waals surface area contributed by atoms with Crippen LogP contribution in [0.25, 0.3) is 0 Å². The summed E-state index contributed by atoms with van der Waals surface area (Å²) < 4.78 is 12.0. The van der Waals surface area contributed by atoms with Crippen LogP contribution in [0.5, 0.6) is 0 Å². The lowest BCUT2D eigenvalue weighted by atomic mass is 10.0. The first-order valence-corrected chi connectivity index (χ1v) is 13.3. The maximum Gasteiger partial charge on any atom is 0.309 e. The van der Waals surface area contributed by atoms with E-state index in [-0.39, 0.29) is 29.4 Å². The largest absolute Gasteiger partial charge is 0.463 e. The SMILES string of the molecule is C[C@@H]1CC=CC[C@@H](O[Si](C)(C)C(C)(C)C)C(=O)N[C@H](c2ccccc2)COC1=O. The normalized spacial score (nSPS) is 24.8. The van der Waals surface area contributed by atoms with Gasteiger partial charge in [-0.25, -0.2) is 0 Å². The molecule has 0 aromatic heterocycles. The van der Waals surface area contributed by atoms with Crippen molar-refractivity contribution in [1.29, 1.82) is 0 Å². The summed E-state index contributed by atoms with van der Waals surface area (Å²) in [5.41, 5.74) is 0.903. The average Bonchev–Trinajstić information content (AvgIpc) is 2.65. The lowest BCUT2D eigenvalue weighted by Gasteiger charge is -2.39. The minimum absolute atomic E-state index is 0.00353. The highest BCUT2D eigenvalue weighted by Gasteiger charge is 2.40. The second-order valence-corrected chi connectivity index (χ2v) is 14.1. The number of esters is 1. The summed E-state index contributed by atoms with van der Waals surface area (Å²) in [5.74, 6) is -0.643. The Labute approximate surface area is 176 Å². The van der Waals surface area contributed by atoms with Crippen LogP contribution in [0.3, 0.4) is 0 Å². The number of ether oxygens (including phenoxy) is 1. The van der Waals surface area contributed by atoms with E-state index < -0.39 is 20.5 Å². The molecule has 3 atom stereocenters. The first-order valence-electron chi connectivity index (χ1n) is 10.4. The van der Waals surface area contributed by atoms with Crippen LogP contribution in [-0.2, 0) is 18.8 Å². The molecule has 5 nitrogen and oxygen atoms in total. The van der Waals surface area contributed by atoms with Crippen LogP contribution in [0.4, 0.5) is 0 Å². The minimum atomic E-state index is -2.13.